The minimum atomic E-state index is -1.31. The van der Waals surface area contributed by atoms with E-state index in [0.717, 1.165) is 0 Å². The summed E-state index contributed by atoms with van der Waals surface area (Å²) < 4.78 is 0. The molecule has 1 aliphatic rings. The van der Waals surface area contributed by atoms with Crippen molar-refractivity contribution in [3.8, 4) is 0 Å². The predicted molar refractivity (Wildman–Crippen MR) is 159 cm³/mol. The maximum absolute atomic E-state index is 13.6. The number of benzene rings is 1. The molecule has 5 amide bonds. The van der Waals surface area contributed by atoms with E-state index in [1.54, 1.807) is 52.0 Å². The fourth-order valence-corrected chi connectivity index (χ4v) is 4.54. The highest BCUT2D eigenvalue weighted by Crippen LogP contribution is 2.18. The first-order valence-electron chi connectivity index (χ1n) is 14.7. The van der Waals surface area contributed by atoms with Crippen LogP contribution < -0.4 is 43.4 Å². The molecule has 0 aromatic heterocycles. The lowest BCUT2D eigenvalue weighted by Gasteiger charge is -2.33. The molecule has 0 spiro atoms. The molecule has 13 nitrogen and oxygen atoms in total. The summed E-state index contributed by atoms with van der Waals surface area (Å²) in [6.45, 7) is 7.52. The highest BCUT2D eigenvalue weighted by Gasteiger charge is 2.38. The van der Waals surface area contributed by atoms with Crippen molar-refractivity contribution in [3.05, 3.63) is 35.9 Å². The number of hydrogen-bond donors (Lipinski definition) is 8. The van der Waals surface area contributed by atoms with Gasteiger partial charge in [0.15, 0.2) is 0 Å². The molecule has 234 valence electrons. The van der Waals surface area contributed by atoms with Crippen LogP contribution in [-0.2, 0) is 24.0 Å². The summed E-state index contributed by atoms with van der Waals surface area (Å²) in [5.74, 6) is -2.66. The molecular formula is C29H48N8O5. The average Bonchev–Trinajstić information content (AvgIpc) is 2.95. The standard InChI is InChI=1S/C29H48N8O5/c1-5-20-24(39)36-22(19-12-7-6-8-13-19)26(41)32-16-10-9-15-29(4,37-23(38)18(2)3)27(42)35-21(25(40)34-20)14-11-17-33-28(30)31/h6-8,12-13,18,20-22,28,33H,5,9-11,14-17,30-31H2,1-4H3,(H,32,41)(H,34,40)(H,35,42)(H,36,39)(H,37,38)/t20-,21-,22+,29+/m1/s1. The van der Waals surface area contributed by atoms with Gasteiger partial charge in [0, 0.05) is 12.5 Å². The SMILES string of the molecule is CC[C@H]1NC(=O)[C@@H](CCCNC(N)N)NC(=O)[C@@](C)(NC(=O)C(C)C)CCCCNC(=O)[C@H](c2ccccc2)NC1=O. The maximum atomic E-state index is 13.6. The molecule has 4 atom stereocenters. The van der Waals surface area contributed by atoms with E-state index in [-0.39, 0.29) is 37.0 Å². The zero-order valence-corrected chi connectivity index (χ0v) is 25.1. The molecule has 10 N–H and O–H groups in total. The summed E-state index contributed by atoms with van der Waals surface area (Å²) in [4.78, 5) is 66.4. The van der Waals surface area contributed by atoms with Gasteiger partial charge in [-0.1, -0.05) is 51.1 Å². The monoisotopic (exact) mass is 588 g/mol. The number of rotatable bonds is 9. The summed E-state index contributed by atoms with van der Waals surface area (Å²) in [6.07, 6.45) is 1.47. The van der Waals surface area contributed by atoms with Crippen LogP contribution in [0.3, 0.4) is 0 Å². The third-order valence-corrected chi connectivity index (χ3v) is 7.22. The Morgan fingerprint density at radius 2 is 1.64 bits per heavy atom. The van der Waals surface area contributed by atoms with E-state index in [0.29, 0.717) is 37.9 Å². The number of carbonyl (C=O) groups is 5. The topological polar surface area (TPSA) is 210 Å². The van der Waals surface area contributed by atoms with Crippen LogP contribution in [0.5, 0.6) is 0 Å². The van der Waals surface area contributed by atoms with E-state index in [9.17, 15) is 24.0 Å². The number of carbonyl (C=O) groups excluding carboxylic acids is 5. The Bertz CT molecular complexity index is 1070. The highest BCUT2D eigenvalue weighted by atomic mass is 16.2. The van der Waals surface area contributed by atoms with Crippen molar-refractivity contribution in [1.29, 1.82) is 0 Å². The molecule has 0 bridgehead atoms. The van der Waals surface area contributed by atoms with Crippen LogP contribution >= 0.6 is 0 Å². The third kappa shape index (κ3) is 10.7. The van der Waals surface area contributed by atoms with Crippen molar-refractivity contribution >= 4 is 29.5 Å². The largest absolute Gasteiger partial charge is 0.354 e. The average molecular weight is 589 g/mol. The van der Waals surface area contributed by atoms with Crippen LogP contribution in [0.1, 0.15) is 77.8 Å². The van der Waals surface area contributed by atoms with Crippen LogP contribution in [0.2, 0.25) is 0 Å². The Labute approximate surface area is 248 Å². The fourth-order valence-electron chi connectivity index (χ4n) is 4.54. The second-order valence-corrected chi connectivity index (χ2v) is 11.2. The van der Waals surface area contributed by atoms with Gasteiger partial charge in [-0.3, -0.25) is 29.3 Å². The van der Waals surface area contributed by atoms with Gasteiger partial charge in [0.2, 0.25) is 29.5 Å². The minimum Gasteiger partial charge on any atom is -0.354 e. The molecule has 13 heteroatoms. The van der Waals surface area contributed by atoms with Gasteiger partial charge in [-0.15, -0.1) is 0 Å². The first-order chi connectivity index (χ1) is 19.9. The van der Waals surface area contributed by atoms with Gasteiger partial charge in [0.25, 0.3) is 0 Å². The summed E-state index contributed by atoms with van der Waals surface area (Å²) >= 11 is 0. The van der Waals surface area contributed by atoms with Crippen molar-refractivity contribution in [1.82, 2.24) is 31.9 Å². The number of nitrogens with one attached hydrogen (secondary N) is 6. The zero-order chi connectivity index (χ0) is 31.3. The predicted octanol–water partition coefficient (Wildman–Crippen LogP) is -0.375. The maximum Gasteiger partial charge on any atom is 0.247 e. The van der Waals surface area contributed by atoms with Gasteiger partial charge in [0.1, 0.15) is 30.0 Å². The normalized spacial score (nSPS) is 24.9. The van der Waals surface area contributed by atoms with E-state index in [2.05, 4.69) is 31.9 Å². The molecule has 2 rings (SSSR count). The van der Waals surface area contributed by atoms with Crippen molar-refractivity contribution in [2.24, 2.45) is 17.4 Å². The summed E-state index contributed by atoms with van der Waals surface area (Å²) in [7, 11) is 0. The lowest BCUT2D eigenvalue weighted by atomic mass is 9.91. The molecular weight excluding hydrogens is 540 g/mol. The van der Waals surface area contributed by atoms with Gasteiger partial charge >= 0.3 is 0 Å². The third-order valence-electron chi connectivity index (χ3n) is 7.22. The Morgan fingerprint density at radius 3 is 2.26 bits per heavy atom. The van der Waals surface area contributed by atoms with Gasteiger partial charge in [-0.25, -0.2) is 0 Å². The van der Waals surface area contributed by atoms with Gasteiger partial charge in [-0.2, -0.15) is 0 Å². The molecule has 1 saturated heterocycles. The smallest absolute Gasteiger partial charge is 0.247 e. The molecule has 1 heterocycles. The second-order valence-electron chi connectivity index (χ2n) is 11.2. The van der Waals surface area contributed by atoms with Crippen molar-refractivity contribution in [2.45, 2.75) is 96.2 Å². The highest BCUT2D eigenvalue weighted by molar-refractivity contribution is 5.97. The van der Waals surface area contributed by atoms with E-state index in [4.69, 9.17) is 11.5 Å². The lowest BCUT2D eigenvalue weighted by Crippen LogP contribution is -2.62. The summed E-state index contributed by atoms with van der Waals surface area (Å²) in [6, 6.07) is 5.93. The van der Waals surface area contributed by atoms with Gasteiger partial charge < -0.3 is 38.1 Å². The fraction of sp³-hybridized carbons (Fsp3) is 0.621. The van der Waals surface area contributed by atoms with Crippen LogP contribution in [0, 0.1) is 5.92 Å². The lowest BCUT2D eigenvalue weighted by molar-refractivity contribution is -0.137. The number of amides is 5. The van der Waals surface area contributed by atoms with Gasteiger partial charge in [0.05, 0.1) is 0 Å². The molecule has 0 radical (unpaired) electrons. The molecule has 42 heavy (non-hydrogen) atoms. The Morgan fingerprint density at radius 1 is 0.976 bits per heavy atom. The molecule has 1 aromatic rings. The molecule has 1 aromatic carbocycles. The Hall–Kier alpha value is -3.55. The van der Waals surface area contributed by atoms with Crippen molar-refractivity contribution < 1.29 is 24.0 Å². The zero-order valence-electron chi connectivity index (χ0n) is 25.1. The first-order valence-corrected chi connectivity index (χ1v) is 14.7. The van der Waals surface area contributed by atoms with E-state index < -0.39 is 47.7 Å². The van der Waals surface area contributed by atoms with E-state index in [1.807, 2.05) is 6.07 Å². The Kier molecular flexibility index (Phi) is 13.8. The van der Waals surface area contributed by atoms with Crippen LogP contribution in [0.4, 0.5) is 0 Å². The van der Waals surface area contributed by atoms with Crippen molar-refractivity contribution in [2.75, 3.05) is 13.1 Å². The van der Waals surface area contributed by atoms with Crippen LogP contribution in [0.15, 0.2) is 30.3 Å². The van der Waals surface area contributed by atoms with Crippen molar-refractivity contribution in [3.63, 3.8) is 0 Å². The molecule has 1 aliphatic heterocycles. The first kappa shape index (κ1) is 34.7. The molecule has 0 unspecified atom stereocenters. The van der Waals surface area contributed by atoms with Crippen LogP contribution in [0.25, 0.3) is 0 Å². The Balaban J connectivity index is 2.40. The molecule has 1 fully saturated rings. The summed E-state index contributed by atoms with van der Waals surface area (Å²) in [5, 5.41) is 16.9. The molecule has 0 aliphatic carbocycles. The second kappa shape index (κ2) is 16.8. The van der Waals surface area contributed by atoms with E-state index in [1.165, 1.54) is 0 Å². The quantitative estimate of drug-likeness (QED) is 0.141. The number of hydrogen-bond acceptors (Lipinski definition) is 8. The van der Waals surface area contributed by atoms with E-state index >= 15 is 0 Å². The summed E-state index contributed by atoms with van der Waals surface area (Å²) in [5.41, 5.74) is 10.4. The minimum absolute atomic E-state index is 0.221. The number of nitrogens with two attached hydrogens (primary N) is 2. The van der Waals surface area contributed by atoms with Gasteiger partial charge in [-0.05, 0) is 57.6 Å². The van der Waals surface area contributed by atoms with Crippen LogP contribution in [-0.4, -0.2) is 66.5 Å². The molecule has 0 saturated carbocycles.